The minimum atomic E-state index is -0.0648. The molecule has 1 fully saturated rings. The van der Waals surface area contributed by atoms with Crippen molar-refractivity contribution < 1.29 is 9.21 Å². The fourth-order valence-corrected chi connectivity index (χ4v) is 3.59. The highest BCUT2D eigenvalue weighted by molar-refractivity contribution is 5.95. The van der Waals surface area contributed by atoms with Crippen molar-refractivity contribution in [1.82, 2.24) is 20.3 Å². The van der Waals surface area contributed by atoms with E-state index in [9.17, 15) is 4.79 Å². The molecule has 0 spiro atoms. The number of piperidine rings is 1. The van der Waals surface area contributed by atoms with Gasteiger partial charge in [0.25, 0.3) is 5.91 Å². The first kappa shape index (κ1) is 19.1. The van der Waals surface area contributed by atoms with Gasteiger partial charge in [-0.3, -0.25) is 9.78 Å². The molecule has 4 rings (SSSR count). The van der Waals surface area contributed by atoms with Crippen LogP contribution in [-0.4, -0.2) is 40.0 Å². The van der Waals surface area contributed by atoms with E-state index in [1.807, 2.05) is 12.1 Å². The Balaban J connectivity index is 1.44. The van der Waals surface area contributed by atoms with Crippen LogP contribution in [0.5, 0.6) is 0 Å². The molecule has 0 radical (unpaired) electrons. The highest BCUT2D eigenvalue weighted by Gasteiger charge is 2.23. The van der Waals surface area contributed by atoms with E-state index in [1.165, 1.54) is 0 Å². The Hall–Kier alpha value is -3.22. The van der Waals surface area contributed by atoms with Gasteiger partial charge in [0.1, 0.15) is 11.6 Å². The summed E-state index contributed by atoms with van der Waals surface area (Å²) in [5.41, 5.74) is 2.60. The minimum absolute atomic E-state index is 0.0648. The lowest BCUT2D eigenvalue weighted by Gasteiger charge is -2.33. The van der Waals surface area contributed by atoms with Gasteiger partial charge in [0, 0.05) is 48.8 Å². The van der Waals surface area contributed by atoms with Crippen LogP contribution in [0.15, 0.2) is 47.3 Å². The Bertz CT molecular complexity index is 978. The van der Waals surface area contributed by atoms with E-state index in [0.29, 0.717) is 11.3 Å². The van der Waals surface area contributed by atoms with Gasteiger partial charge in [0.2, 0.25) is 0 Å². The summed E-state index contributed by atoms with van der Waals surface area (Å²) in [6.07, 6.45) is 7.66. The van der Waals surface area contributed by atoms with Crippen LogP contribution < -0.4 is 10.2 Å². The second-order valence-corrected chi connectivity index (χ2v) is 7.26. The van der Waals surface area contributed by atoms with E-state index in [1.54, 1.807) is 31.6 Å². The Morgan fingerprint density at radius 1 is 1.21 bits per heavy atom. The molecule has 1 N–H and O–H groups in total. The lowest BCUT2D eigenvalue weighted by atomic mass is 10.0. The van der Waals surface area contributed by atoms with Crippen molar-refractivity contribution in [3.63, 3.8) is 0 Å². The molecule has 0 bridgehead atoms. The zero-order valence-electron chi connectivity index (χ0n) is 16.8. The summed E-state index contributed by atoms with van der Waals surface area (Å²) < 4.78 is 5.23. The van der Waals surface area contributed by atoms with Gasteiger partial charge in [-0.15, -0.1) is 0 Å². The first-order valence-electron chi connectivity index (χ1n) is 10.0. The number of anilines is 1. The maximum Gasteiger partial charge on any atom is 0.255 e. The normalized spacial score (nSPS) is 14.8. The van der Waals surface area contributed by atoms with E-state index in [2.05, 4.69) is 33.2 Å². The standard InChI is InChI=1S/C22H25N5O2/c1-3-17-14-20(26-21(24-17)16-4-9-23-10-5-16)27-11-6-18(7-12-27)25-22(28)19-8-13-29-15(19)2/h4-5,8-10,13-14,18H,3,6-7,11-12H2,1-2H3,(H,25,28). The Kier molecular flexibility index (Phi) is 5.55. The predicted molar refractivity (Wildman–Crippen MR) is 111 cm³/mol. The highest BCUT2D eigenvalue weighted by Crippen LogP contribution is 2.23. The molecule has 1 amide bonds. The van der Waals surface area contributed by atoms with E-state index in [0.717, 1.165) is 55.3 Å². The minimum Gasteiger partial charge on any atom is -0.469 e. The third-order valence-electron chi connectivity index (χ3n) is 5.32. The Morgan fingerprint density at radius 3 is 2.62 bits per heavy atom. The van der Waals surface area contributed by atoms with Crippen molar-refractivity contribution in [3.05, 3.63) is 59.9 Å². The number of rotatable bonds is 5. The van der Waals surface area contributed by atoms with Crippen LogP contribution in [0.1, 0.15) is 41.6 Å². The largest absolute Gasteiger partial charge is 0.469 e. The van der Waals surface area contributed by atoms with Crippen molar-refractivity contribution in [2.24, 2.45) is 0 Å². The van der Waals surface area contributed by atoms with Crippen molar-refractivity contribution >= 4 is 11.7 Å². The van der Waals surface area contributed by atoms with Crippen LogP contribution in [0.2, 0.25) is 0 Å². The number of amides is 1. The number of hydrogen-bond acceptors (Lipinski definition) is 6. The van der Waals surface area contributed by atoms with Gasteiger partial charge in [0.15, 0.2) is 5.82 Å². The number of carbonyl (C=O) groups excluding carboxylic acids is 1. The first-order chi connectivity index (χ1) is 14.1. The molecule has 3 aromatic rings. The molecule has 29 heavy (non-hydrogen) atoms. The summed E-state index contributed by atoms with van der Waals surface area (Å²) in [7, 11) is 0. The number of carbonyl (C=O) groups is 1. The molecule has 0 aliphatic carbocycles. The molecule has 0 saturated carbocycles. The van der Waals surface area contributed by atoms with Gasteiger partial charge >= 0.3 is 0 Å². The van der Waals surface area contributed by atoms with E-state index in [-0.39, 0.29) is 11.9 Å². The molecule has 1 aliphatic rings. The van der Waals surface area contributed by atoms with Gasteiger partial charge in [-0.1, -0.05) is 6.92 Å². The smallest absolute Gasteiger partial charge is 0.255 e. The van der Waals surface area contributed by atoms with Crippen molar-refractivity contribution in [3.8, 4) is 11.4 Å². The molecule has 3 aromatic heterocycles. The Labute approximate surface area is 170 Å². The Morgan fingerprint density at radius 2 is 1.97 bits per heavy atom. The number of aromatic nitrogens is 3. The van der Waals surface area contributed by atoms with Crippen LogP contribution in [0, 0.1) is 6.92 Å². The monoisotopic (exact) mass is 391 g/mol. The van der Waals surface area contributed by atoms with Gasteiger partial charge in [-0.2, -0.15) is 0 Å². The van der Waals surface area contributed by atoms with Crippen LogP contribution in [0.4, 0.5) is 5.82 Å². The molecule has 1 aliphatic heterocycles. The summed E-state index contributed by atoms with van der Waals surface area (Å²) in [5.74, 6) is 2.26. The highest BCUT2D eigenvalue weighted by atomic mass is 16.3. The zero-order chi connectivity index (χ0) is 20.2. The number of pyridine rings is 1. The molecular formula is C22H25N5O2. The van der Waals surface area contributed by atoms with Crippen LogP contribution in [0.3, 0.4) is 0 Å². The van der Waals surface area contributed by atoms with Gasteiger partial charge in [-0.05, 0) is 44.4 Å². The van der Waals surface area contributed by atoms with E-state index < -0.39 is 0 Å². The second-order valence-electron chi connectivity index (χ2n) is 7.26. The van der Waals surface area contributed by atoms with Gasteiger partial charge < -0.3 is 14.6 Å². The number of nitrogens with one attached hydrogen (secondary N) is 1. The number of nitrogens with zero attached hydrogens (tertiary/aromatic N) is 4. The summed E-state index contributed by atoms with van der Waals surface area (Å²) in [6.45, 7) is 5.58. The molecule has 0 unspecified atom stereocenters. The topological polar surface area (TPSA) is 84.2 Å². The van der Waals surface area contributed by atoms with Crippen molar-refractivity contribution in [2.45, 2.75) is 39.2 Å². The zero-order valence-corrected chi connectivity index (χ0v) is 16.8. The fraction of sp³-hybridized carbons (Fsp3) is 0.364. The average Bonchev–Trinajstić information content (AvgIpc) is 3.20. The fourth-order valence-electron chi connectivity index (χ4n) is 3.59. The summed E-state index contributed by atoms with van der Waals surface area (Å²) in [4.78, 5) is 28.2. The lowest BCUT2D eigenvalue weighted by Crippen LogP contribution is -2.45. The molecule has 7 nitrogen and oxygen atoms in total. The van der Waals surface area contributed by atoms with Gasteiger partial charge in [0.05, 0.1) is 11.8 Å². The van der Waals surface area contributed by atoms with Crippen molar-refractivity contribution in [2.75, 3.05) is 18.0 Å². The van der Waals surface area contributed by atoms with Crippen molar-refractivity contribution in [1.29, 1.82) is 0 Å². The lowest BCUT2D eigenvalue weighted by molar-refractivity contribution is 0.0929. The maximum atomic E-state index is 12.4. The average molecular weight is 391 g/mol. The number of furan rings is 1. The summed E-state index contributed by atoms with van der Waals surface area (Å²) in [5, 5.41) is 3.13. The van der Waals surface area contributed by atoms with E-state index in [4.69, 9.17) is 9.40 Å². The number of hydrogen-bond donors (Lipinski definition) is 1. The molecule has 7 heteroatoms. The second kappa shape index (κ2) is 8.43. The van der Waals surface area contributed by atoms with Crippen LogP contribution in [-0.2, 0) is 6.42 Å². The number of aryl methyl sites for hydroxylation is 2. The third-order valence-corrected chi connectivity index (χ3v) is 5.32. The molecular weight excluding hydrogens is 366 g/mol. The quantitative estimate of drug-likeness (QED) is 0.718. The summed E-state index contributed by atoms with van der Waals surface area (Å²) in [6, 6.07) is 7.79. The summed E-state index contributed by atoms with van der Waals surface area (Å²) >= 11 is 0. The molecule has 150 valence electrons. The molecule has 4 heterocycles. The van der Waals surface area contributed by atoms with Crippen LogP contribution >= 0.6 is 0 Å². The van der Waals surface area contributed by atoms with E-state index >= 15 is 0 Å². The molecule has 1 saturated heterocycles. The predicted octanol–water partition coefficient (Wildman–Crippen LogP) is 3.40. The SMILES string of the molecule is CCc1cc(N2CCC(NC(=O)c3ccoc3C)CC2)nc(-c2ccncc2)n1. The first-order valence-corrected chi connectivity index (χ1v) is 10.0. The van der Waals surface area contributed by atoms with Gasteiger partial charge in [-0.25, -0.2) is 9.97 Å². The third kappa shape index (κ3) is 4.29. The maximum absolute atomic E-state index is 12.4. The molecule has 0 atom stereocenters. The van der Waals surface area contributed by atoms with Crippen LogP contribution in [0.25, 0.3) is 11.4 Å². The molecule has 0 aromatic carbocycles.